The number of amides is 2. The van der Waals surface area contributed by atoms with Crippen LogP contribution < -0.4 is 10.6 Å². The van der Waals surface area contributed by atoms with Gasteiger partial charge in [-0.3, -0.25) is 10.00 Å². The number of nitrogens with one attached hydrogen (secondary N) is 2. The Kier molecular flexibility index (Phi) is 5.44. The molecule has 0 spiro atoms. The fourth-order valence-corrected chi connectivity index (χ4v) is 2.73. The molecule has 2 amide bonds. The Balaban J connectivity index is 1.69. The second-order valence-corrected chi connectivity index (χ2v) is 6.46. The number of halogens is 3. The van der Waals surface area contributed by atoms with Crippen molar-refractivity contribution in [3.05, 3.63) is 75.7 Å². The van der Waals surface area contributed by atoms with Crippen molar-refractivity contribution in [2.45, 2.75) is 13.5 Å². The lowest BCUT2D eigenvalue weighted by atomic mass is 10.2. The quantitative estimate of drug-likeness (QED) is 0.630. The third-order valence-electron chi connectivity index (χ3n) is 3.69. The van der Waals surface area contributed by atoms with Gasteiger partial charge in [-0.15, -0.1) is 0 Å². The van der Waals surface area contributed by atoms with E-state index in [9.17, 15) is 9.18 Å². The zero-order valence-corrected chi connectivity index (χ0v) is 15.3. The van der Waals surface area contributed by atoms with Gasteiger partial charge in [-0.25, -0.2) is 9.18 Å². The number of carbonyl (C=O) groups excluding carboxylic acids is 1. The first-order valence-electron chi connectivity index (χ1n) is 7.73. The molecule has 0 atom stereocenters. The second kappa shape index (κ2) is 7.76. The highest BCUT2D eigenvalue weighted by Gasteiger charge is 2.12. The highest BCUT2D eigenvalue weighted by atomic mass is 35.5. The van der Waals surface area contributed by atoms with Crippen LogP contribution in [0.2, 0.25) is 10.0 Å². The SMILES string of the molecule is Cc1cc(NC(=O)Nc2ccc(Cl)cc2)nn1Cc1c(F)cccc1Cl. The van der Waals surface area contributed by atoms with E-state index in [2.05, 4.69) is 15.7 Å². The molecule has 0 radical (unpaired) electrons. The Morgan fingerprint density at radius 3 is 2.58 bits per heavy atom. The first kappa shape index (κ1) is 18.2. The van der Waals surface area contributed by atoms with Crippen LogP contribution in [0.3, 0.4) is 0 Å². The lowest BCUT2D eigenvalue weighted by Gasteiger charge is -2.08. The summed E-state index contributed by atoms with van der Waals surface area (Å²) in [6.45, 7) is 1.97. The minimum Gasteiger partial charge on any atom is -0.308 e. The van der Waals surface area contributed by atoms with Gasteiger partial charge in [-0.1, -0.05) is 29.3 Å². The smallest absolute Gasteiger partial charge is 0.308 e. The van der Waals surface area contributed by atoms with Crippen LogP contribution in [0.1, 0.15) is 11.3 Å². The number of rotatable bonds is 4. The van der Waals surface area contributed by atoms with Crippen LogP contribution in [0.5, 0.6) is 0 Å². The largest absolute Gasteiger partial charge is 0.324 e. The standard InChI is InChI=1S/C18H15Cl2FN4O/c1-11-9-17(23-18(26)22-13-7-5-12(19)6-8-13)24-25(11)10-14-15(20)3-2-4-16(14)21/h2-9H,10H2,1H3,(H2,22,23,24,26). The number of aryl methyl sites for hydroxylation is 1. The van der Waals surface area contributed by atoms with E-state index >= 15 is 0 Å². The van der Waals surface area contributed by atoms with Crippen LogP contribution in [0.25, 0.3) is 0 Å². The Hall–Kier alpha value is -2.57. The van der Waals surface area contributed by atoms with E-state index in [1.165, 1.54) is 6.07 Å². The Morgan fingerprint density at radius 2 is 1.88 bits per heavy atom. The maximum Gasteiger partial charge on any atom is 0.324 e. The van der Waals surface area contributed by atoms with Gasteiger partial charge < -0.3 is 5.32 Å². The minimum atomic E-state index is -0.444. The molecular formula is C18H15Cl2FN4O. The summed E-state index contributed by atoms with van der Waals surface area (Å²) >= 11 is 11.9. The van der Waals surface area contributed by atoms with Crippen LogP contribution in [-0.4, -0.2) is 15.8 Å². The van der Waals surface area contributed by atoms with Crippen LogP contribution in [-0.2, 0) is 6.54 Å². The minimum absolute atomic E-state index is 0.165. The molecule has 0 bridgehead atoms. The molecule has 0 aliphatic carbocycles. The molecule has 0 aliphatic rings. The average molecular weight is 393 g/mol. The number of anilines is 2. The zero-order chi connectivity index (χ0) is 18.7. The fourth-order valence-electron chi connectivity index (χ4n) is 2.38. The summed E-state index contributed by atoms with van der Waals surface area (Å²) in [6.07, 6.45) is 0. The van der Waals surface area contributed by atoms with Gasteiger partial charge in [0.1, 0.15) is 5.82 Å². The maximum atomic E-state index is 13.9. The zero-order valence-electron chi connectivity index (χ0n) is 13.8. The molecular weight excluding hydrogens is 378 g/mol. The number of hydrogen-bond donors (Lipinski definition) is 2. The summed E-state index contributed by atoms with van der Waals surface area (Å²) in [7, 11) is 0. The summed E-state index contributed by atoms with van der Waals surface area (Å²) in [4.78, 5) is 12.1. The van der Waals surface area contributed by atoms with Crippen molar-refractivity contribution in [2.24, 2.45) is 0 Å². The molecule has 0 fully saturated rings. The highest BCUT2D eigenvalue weighted by molar-refractivity contribution is 6.31. The van der Waals surface area contributed by atoms with E-state index < -0.39 is 11.8 Å². The summed E-state index contributed by atoms with van der Waals surface area (Å²) in [6, 6.07) is 12.5. The number of hydrogen-bond acceptors (Lipinski definition) is 2. The monoisotopic (exact) mass is 392 g/mol. The molecule has 3 rings (SSSR count). The molecule has 8 heteroatoms. The maximum absolute atomic E-state index is 13.9. The molecule has 2 aromatic carbocycles. The van der Waals surface area contributed by atoms with E-state index in [1.54, 1.807) is 47.1 Å². The summed E-state index contributed by atoms with van der Waals surface area (Å²) in [5, 5.41) is 10.5. The molecule has 26 heavy (non-hydrogen) atoms. The van der Waals surface area contributed by atoms with E-state index in [0.717, 1.165) is 5.69 Å². The number of benzene rings is 2. The van der Waals surface area contributed by atoms with Crippen molar-refractivity contribution >= 4 is 40.7 Å². The van der Waals surface area contributed by atoms with Gasteiger partial charge in [0.05, 0.1) is 6.54 Å². The predicted molar refractivity (Wildman–Crippen MR) is 102 cm³/mol. The topological polar surface area (TPSA) is 59.0 Å². The highest BCUT2D eigenvalue weighted by Crippen LogP contribution is 2.21. The molecule has 2 N–H and O–H groups in total. The van der Waals surface area contributed by atoms with Crippen molar-refractivity contribution in [1.29, 1.82) is 0 Å². The lowest BCUT2D eigenvalue weighted by Crippen LogP contribution is -2.19. The van der Waals surface area contributed by atoms with E-state index in [1.807, 2.05) is 6.92 Å². The molecule has 0 saturated heterocycles. The van der Waals surface area contributed by atoms with Crippen LogP contribution in [0.15, 0.2) is 48.5 Å². The Bertz CT molecular complexity index is 921. The number of aromatic nitrogens is 2. The van der Waals surface area contributed by atoms with E-state index in [-0.39, 0.29) is 6.54 Å². The van der Waals surface area contributed by atoms with Crippen molar-refractivity contribution in [3.63, 3.8) is 0 Å². The third-order valence-corrected chi connectivity index (χ3v) is 4.30. The van der Waals surface area contributed by atoms with Gasteiger partial charge in [0.15, 0.2) is 5.82 Å². The molecule has 5 nitrogen and oxygen atoms in total. The van der Waals surface area contributed by atoms with Crippen LogP contribution >= 0.6 is 23.2 Å². The summed E-state index contributed by atoms with van der Waals surface area (Å²) in [5.41, 5.74) is 1.70. The Labute approximate surface area is 159 Å². The van der Waals surface area contributed by atoms with Crippen molar-refractivity contribution in [3.8, 4) is 0 Å². The summed E-state index contributed by atoms with van der Waals surface area (Å²) < 4.78 is 15.5. The van der Waals surface area contributed by atoms with Gasteiger partial charge in [0.2, 0.25) is 0 Å². The predicted octanol–water partition coefficient (Wildman–Crippen LogP) is 5.33. The van der Waals surface area contributed by atoms with Gasteiger partial charge in [0.25, 0.3) is 0 Å². The molecule has 0 aliphatic heterocycles. The van der Waals surface area contributed by atoms with Gasteiger partial charge in [0, 0.05) is 33.1 Å². The number of carbonyl (C=O) groups is 1. The average Bonchev–Trinajstić information content (AvgIpc) is 2.92. The van der Waals surface area contributed by atoms with Gasteiger partial charge in [-0.2, -0.15) is 5.10 Å². The van der Waals surface area contributed by atoms with E-state index in [0.29, 0.717) is 27.1 Å². The number of urea groups is 1. The van der Waals surface area contributed by atoms with E-state index in [4.69, 9.17) is 23.2 Å². The summed E-state index contributed by atoms with van der Waals surface area (Å²) in [5.74, 6) is -0.0520. The van der Waals surface area contributed by atoms with Crippen molar-refractivity contribution in [1.82, 2.24) is 9.78 Å². The molecule has 0 saturated carbocycles. The Morgan fingerprint density at radius 1 is 1.15 bits per heavy atom. The fraction of sp³-hybridized carbons (Fsp3) is 0.111. The normalized spacial score (nSPS) is 10.6. The lowest BCUT2D eigenvalue weighted by molar-refractivity contribution is 0.262. The van der Waals surface area contributed by atoms with Crippen molar-refractivity contribution in [2.75, 3.05) is 10.6 Å². The molecule has 0 unspecified atom stereocenters. The molecule has 134 valence electrons. The third kappa shape index (κ3) is 4.33. The molecule has 1 heterocycles. The van der Waals surface area contributed by atoms with Crippen molar-refractivity contribution < 1.29 is 9.18 Å². The molecule has 3 aromatic rings. The number of nitrogens with zero attached hydrogens (tertiary/aromatic N) is 2. The van der Waals surface area contributed by atoms with Gasteiger partial charge >= 0.3 is 6.03 Å². The first-order valence-corrected chi connectivity index (χ1v) is 8.49. The van der Waals surface area contributed by atoms with Crippen LogP contribution in [0, 0.1) is 12.7 Å². The first-order chi connectivity index (χ1) is 12.4. The van der Waals surface area contributed by atoms with Crippen LogP contribution in [0.4, 0.5) is 20.7 Å². The molecule has 1 aromatic heterocycles. The second-order valence-electron chi connectivity index (χ2n) is 5.61. The van der Waals surface area contributed by atoms with Gasteiger partial charge in [-0.05, 0) is 43.3 Å².